The molecule has 0 bridgehead atoms. The predicted molar refractivity (Wildman–Crippen MR) is 90.3 cm³/mol. The number of hydrazone groups is 1. The third kappa shape index (κ3) is 2.65. The number of halogens is 1. The summed E-state index contributed by atoms with van der Waals surface area (Å²) in [5, 5.41) is 6.33. The lowest BCUT2D eigenvalue weighted by molar-refractivity contribution is -0.112. The first-order valence-corrected chi connectivity index (χ1v) is 7.24. The van der Waals surface area contributed by atoms with Crippen molar-refractivity contribution in [3.05, 3.63) is 59.1 Å². The van der Waals surface area contributed by atoms with Gasteiger partial charge in [-0.25, -0.2) is 4.99 Å². The molecule has 110 valence electrons. The third-order valence-electron chi connectivity index (χ3n) is 3.38. The molecular weight excluding hydrogens is 298 g/mol. The maximum atomic E-state index is 12.6. The molecule has 0 radical (unpaired) electrons. The van der Waals surface area contributed by atoms with E-state index in [1.54, 1.807) is 19.1 Å². The maximum Gasteiger partial charge on any atom is 0.299 e. The Balaban J connectivity index is 1.98. The van der Waals surface area contributed by atoms with E-state index in [1.807, 2.05) is 43.3 Å². The van der Waals surface area contributed by atoms with Crippen LogP contribution in [0.5, 0.6) is 0 Å². The Morgan fingerprint density at radius 2 is 1.82 bits per heavy atom. The van der Waals surface area contributed by atoms with E-state index in [2.05, 4.69) is 10.1 Å². The molecule has 0 spiro atoms. The topological polar surface area (TPSA) is 45.0 Å². The van der Waals surface area contributed by atoms with E-state index in [1.165, 1.54) is 5.01 Å². The van der Waals surface area contributed by atoms with Crippen molar-refractivity contribution in [1.82, 2.24) is 0 Å². The van der Waals surface area contributed by atoms with Crippen molar-refractivity contribution in [1.29, 1.82) is 0 Å². The van der Waals surface area contributed by atoms with Crippen molar-refractivity contribution in [2.45, 2.75) is 13.8 Å². The molecule has 0 saturated heterocycles. The fraction of sp³-hybridized carbons (Fsp3) is 0.118. The Labute approximate surface area is 133 Å². The van der Waals surface area contributed by atoms with E-state index in [9.17, 15) is 4.79 Å². The van der Waals surface area contributed by atoms with Crippen LogP contribution in [0.25, 0.3) is 0 Å². The summed E-state index contributed by atoms with van der Waals surface area (Å²) in [6, 6.07) is 14.7. The lowest BCUT2D eigenvalue weighted by Crippen LogP contribution is -2.27. The van der Waals surface area contributed by atoms with Crippen LogP contribution >= 0.6 is 11.6 Å². The summed E-state index contributed by atoms with van der Waals surface area (Å²) in [6.45, 7) is 3.69. The van der Waals surface area contributed by atoms with Gasteiger partial charge in [-0.2, -0.15) is 10.1 Å². The van der Waals surface area contributed by atoms with Crippen molar-refractivity contribution < 1.29 is 4.79 Å². The normalized spacial score (nSPS) is 16.3. The van der Waals surface area contributed by atoms with Crippen LogP contribution in [-0.4, -0.2) is 17.3 Å². The van der Waals surface area contributed by atoms with Gasteiger partial charge in [-0.05, 0) is 49.7 Å². The van der Waals surface area contributed by atoms with E-state index in [4.69, 9.17) is 11.6 Å². The van der Waals surface area contributed by atoms with Gasteiger partial charge >= 0.3 is 0 Å². The molecule has 5 heteroatoms. The van der Waals surface area contributed by atoms with Gasteiger partial charge in [0.25, 0.3) is 5.91 Å². The zero-order valence-corrected chi connectivity index (χ0v) is 13.0. The minimum atomic E-state index is -0.224. The van der Waals surface area contributed by atoms with Crippen LogP contribution in [0, 0.1) is 6.92 Å². The Hall–Kier alpha value is -2.46. The molecule has 4 nitrogen and oxygen atoms in total. The highest BCUT2D eigenvalue weighted by Crippen LogP contribution is 2.25. The fourth-order valence-electron chi connectivity index (χ4n) is 2.24. The first-order valence-electron chi connectivity index (χ1n) is 6.86. The van der Waals surface area contributed by atoms with Crippen LogP contribution in [0.3, 0.4) is 0 Å². The van der Waals surface area contributed by atoms with Crippen LogP contribution in [-0.2, 0) is 4.79 Å². The lowest BCUT2D eigenvalue weighted by Gasteiger charge is -2.10. The minimum absolute atomic E-state index is 0.224. The Morgan fingerprint density at radius 1 is 1.09 bits per heavy atom. The predicted octanol–water partition coefficient (Wildman–Crippen LogP) is 4.14. The smallest absolute Gasteiger partial charge is 0.265 e. The second kappa shape index (κ2) is 5.73. The number of anilines is 1. The zero-order valence-electron chi connectivity index (χ0n) is 12.2. The van der Waals surface area contributed by atoms with Crippen LogP contribution in [0.4, 0.5) is 11.4 Å². The van der Waals surface area contributed by atoms with E-state index in [-0.39, 0.29) is 5.91 Å². The Kier molecular flexibility index (Phi) is 3.77. The number of hydrogen-bond acceptors (Lipinski definition) is 3. The first kappa shape index (κ1) is 14.5. The van der Waals surface area contributed by atoms with Crippen molar-refractivity contribution >= 4 is 40.3 Å². The summed E-state index contributed by atoms with van der Waals surface area (Å²) in [5.74, 6) is -0.224. The number of aliphatic imine (C=N–C) groups is 1. The molecule has 0 aromatic heterocycles. The van der Waals surface area contributed by atoms with Crippen molar-refractivity contribution in [3.63, 3.8) is 0 Å². The Morgan fingerprint density at radius 3 is 2.50 bits per heavy atom. The summed E-state index contributed by atoms with van der Waals surface area (Å²) >= 11 is 5.95. The quantitative estimate of drug-likeness (QED) is 0.822. The Bertz CT molecular complexity index is 797. The molecule has 3 rings (SSSR count). The number of para-hydroxylation sites is 1. The maximum absolute atomic E-state index is 12.6. The van der Waals surface area contributed by atoms with E-state index in [0.29, 0.717) is 16.4 Å². The number of nitrogens with zero attached hydrogens (tertiary/aromatic N) is 3. The molecule has 22 heavy (non-hydrogen) atoms. The van der Waals surface area contributed by atoms with Crippen molar-refractivity contribution in [2.75, 3.05) is 5.01 Å². The molecule has 1 aliphatic rings. The number of rotatable bonds is 2. The highest BCUT2D eigenvalue weighted by molar-refractivity contribution is 6.71. The van der Waals surface area contributed by atoms with Gasteiger partial charge in [-0.1, -0.05) is 29.8 Å². The molecule has 0 aliphatic carbocycles. The summed E-state index contributed by atoms with van der Waals surface area (Å²) in [5.41, 5.74) is 3.32. The highest BCUT2D eigenvalue weighted by Gasteiger charge is 2.30. The second-order valence-corrected chi connectivity index (χ2v) is 5.47. The zero-order chi connectivity index (χ0) is 15.7. The standard InChI is InChI=1S/C17H14ClN3O/c1-11-10-13(18)8-9-15(11)19-16-12(2)20-21(17(16)22)14-6-4-3-5-7-14/h3-10H,1-2H3. The van der Waals surface area contributed by atoms with Crippen LogP contribution in [0.2, 0.25) is 5.02 Å². The van der Waals surface area contributed by atoms with Gasteiger partial charge in [-0.3, -0.25) is 4.79 Å². The molecular formula is C17H14ClN3O. The van der Waals surface area contributed by atoms with Crippen LogP contribution < -0.4 is 5.01 Å². The summed E-state index contributed by atoms with van der Waals surface area (Å²) in [4.78, 5) is 17.0. The van der Waals surface area contributed by atoms with Gasteiger partial charge in [0, 0.05) is 5.02 Å². The third-order valence-corrected chi connectivity index (χ3v) is 3.61. The number of benzene rings is 2. The number of hydrogen-bond donors (Lipinski definition) is 0. The van der Waals surface area contributed by atoms with Gasteiger partial charge in [-0.15, -0.1) is 0 Å². The first-order chi connectivity index (χ1) is 10.6. The lowest BCUT2D eigenvalue weighted by atomic mass is 10.2. The SMILES string of the molecule is CC1=NN(c2ccccc2)C(=O)C1=Nc1ccc(Cl)cc1C. The summed E-state index contributed by atoms with van der Waals surface area (Å²) < 4.78 is 0. The summed E-state index contributed by atoms with van der Waals surface area (Å²) in [6.07, 6.45) is 0. The number of aryl methyl sites for hydroxylation is 1. The molecule has 0 saturated carbocycles. The van der Waals surface area contributed by atoms with E-state index in [0.717, 1.165) is 16.9 Å². The molecule has 1 aliphatic heterocycles. The average molecular weight is 312 g/mol. The van der Waals surface area contributed by atoms with Crippen LogP contribution in [0.1, 0.15) is 12.5 Å². The van der Waals surface area contributed by atoms with Crippen molar-refractivity contribution in [2.24, 2.45) is 10.1 Å². The number of amides is 1. The van der Waals surface area contributed by atoms with E-state index < -0.39 is 0 Å². The van der Waals surface area contributed by atoms with Gasteiger partial charge in [0.05, 0.1) is 17.1 Å². The van der Waals surface area contributed by atoms with Gasteiger partial charge in [0.15, 0.2) is 5.71 Å². The van der Waals surface area contributed by atoms with Gasteiger partial charge < -0.3 is 0 Å². The van der Waals surface area contributed by atoms with Gasteiger partial charge in [0.1, 0.15) is 0 Å². The van der Waals surface area contributed by atoms with E-state index >= 15 is 0 Å². The fourth-order valence-corrected chi connectivity index (χ4v) is 2.46. The number of carbonyl (C=O) groups excluding carboxylic acids is 1. The average Bonchev–Trinajstić information content (AvgIpc) is 2.79. The highest BCUT2D eigenvalue weighted by atomic mass is 35.5. The van der Waals surface area contributed by atoms with Gasteiger partial charge in [0.2, 0.25) is 0 Å². The minimum Gasteiger partial charge on any atom is -0.265 e. The number of carbonyl (C=O) groups is 1. The largest absolute Gasteiger partial charge is 0.299 e. The molecule has 0 N–H and O–H groups in total. The molecule has 0 atom stereocenters. The molecule has 1 amide bonds. The second-order valence-electron chi connectivity index (χ2n) is 5.03. The van der Waals surface area contributed by atoms with Crippen LogP contribution in [0.15, 0.2) is 58.6 Å². The van der Waals surface area contributed by atoms with Crippen molar-refractivity contribution in [3.8, 4) is 0 Å². The monoisotopic (exact) mass is 311 g/mol. The molecule has 0 unspecified atom stereocenters. The summed E-state index contributed by atoms with van der Waals surface area (Å²) in [7, 11) is 0. The molecule has 2 aromatic rings. The molecule has 0 fully saturated rings. The molecule has 2 aromatic carbocycles. The molecule has 1 heterocycles.